The maximum absolute atomic E-state index is 13.1. The van der Waals surface area contributed by atoms with Gasteiger partial charge in [0.2, 0.25) is 0 Å². The van der Waals surface area contributed by atoms with E-state index in [-0.39, 0.29) is 23.8 Å². The molecule has 0 heterocycles. The highest BCUT2D eigenvalue weighted by atomic mass is 35.5. The number of rotatable bonds is 5. The van der Waals surface area contributed by atoms with Gasteiger partial charge in [0.25, 0.3) is 0 Å². The molecule has 0 spiro atoms. The predicted octanol–water partition coefficient (Wildman–Crippen LogP) is 3.36. The second-order valence-electron chi connectivity index (χ2n) is 4.87. The van der Waals surface area contributed by atoms with E-state index >= 15 is 0 Å². The number of nitrogens with two attached hydrogens (primary N) is 1. The maximum atomic E-state index is 13.1. The fraction of sp³-hybridized carbons (Fsp3) is 0.538. The first-order valence-corrected chi connectivity index (χ1v) is 6.16. The summed E-state index contributed by atoms with van der Waals surface area (Å²) < 4.78 is 13.1. The van der Waals surface area contributed by atoms with Crippen LogP contribution in [-0.2, 0) is 6.54 Å². The van der Waals surface area contributed by atoms with E-state index < -0.39 is 0 Å². The molecule has 0 amide bonds. The Morgan fingerprint density at radius 1 is 1.44 bits per heavy atom. The van der Waals surface area contributed by atoms with Gasteiger partial charge in [0.05, 0.1) is 0 Å². The van der Waals surface area contributed by atoms with E-state index in [1.54, 1.807) is 6.07 Å². The first kappa shape index (κ1) is 17.6. The van der Waals surface area contributed by atoms with Crippen LogP contribution < -0.4 is 11.1 Å². The molecule has 18 heavy (non-hydrogen) atoms. The number of hydrogen-bond donors (Lipinski definition) is 2. The lowest BCUT2D eigenvalue weighted by Gasteiger charge is -2.34. The molecule has 0 aliphatic rings. The molecule has 0 fully saturated rings. The highest BCUT2D eigenvalue weighted by molar-refractivity contribution is 6.31. The van der Waals surface area contributed by atoms with E-state index in [2.05, 4.69) is 26.1 Å². The van der Waals surface area contributed by atoms with Crippen LogP contribution in [0.1, 0.15) is 26.3 Å². The Morgan fingerprint density at radius 2 is 2.06 bits per heavy atom. The molecular formula is C13H21Cl2FN2. The van der Waals surface area contributed by atoms with E-state index in [0.717, 1.165) is 5.56 Å². The molecule has 1 atom stereocenters. The Labute approximate surface area is 119 Å². The van der Waals surface area contributed by atoms with Gasteiger partial charge in [-0.1, -0.05) is 25.4 Å². The van der Waals surface area contributed by atoms with E-state index in [1.165, 1.54) is 12.1 Å². The number of halogens is 3. The van der Waals surface area contributed by atoms with E-state index in [4.69, 9.17) is 17.3 Å². The molecule has 1 aromatic carbocycles. The predicted molar refractivity (Wildman–Crippen MR) is 77.8 cm³/mol. The Kier molecular flexibility index (Phi) is 7.15. The van der Waals surface area contributed by atoms with Gasteiger partial charge < -0.3 is 11.1 Å². The Morgan fingerprint density at radius 3 is 2.56 bits per heavy atom. The number of benzene rings is 1. The van der Waals surface area contributed by atoms with Crippen molar-refractivity contribution in [3.63, 3.8) is 0 Å². The summed E-state index contributed by atoms with van der Waals surface area (Å²) in [6, 6.07) is 4.38. The van der Waals surface area contributed by atoms with E-state index in [9.17, 15) is 4.39 Å². The lowest BCUT2D eigenvalue weighted by molar-refractivity contribution is 0.267. The Hall–Kier alpha value is -0.350. The molecule has 0 radical (unpaired) electrons. The molecular weight excluding hydrogens is 274 g/mol. The van der Waals surface area contributed by atoms with Gasteiger partial charge in [0.15, 0.2) is 0 Å². The molecule has 0 aliphatic carbocycles. The fourth-order valence-electron chi connectivity index (χ4n) is 1.49. The van der Waals surface area contributed by atoms with Crippen LogP contribution in [0.5, 0.6) is 0 Å². The van der Waals surface area contributed by atoms with Crippen molar-refractivity contribution >= 4 is 24.0 Å². The lowest BCUT2D eigenvalue weighted by atomic mass is 9.88. The molecule has 0 aromatic heterocycles. The van der Waals surface area contributed by atoms with Crippen molar-refractivity contribution < 1.29 is 4.39 Å². The second-order valence-corrected chi connectivity index (χ2v) is 5.27. The minimum absolute atomic E-state index is 0. The van der Waals surface area contributed by atoms with Crippen LogP contribution >= 0.6 is 24.0 Å². The zero-order valence-corrected chi connectivity index (χ0v) is 12.5. The minimum Gasteiger partial charge on any atom is -0.329 e. The van der Waals surface area contributed by atoms with Crippen molar-refractivity contribution in [2.75, 3.05) is 6.54 Å². The van der Waals surface area contributed by atoms with Crippen LogP contribution in [0.3, 0.4) is 0 Å². The van der Waals surface area contributed by atoms with Gasteiger partial charge in [-0.05, 0) is 36.6 Å². The van der Waals surface area contributed by atoms with Crippen LogP contribution in [0.25, 0.3) is 0 Å². The van der Waals surface area contributed by atoms with Gasteiger partial charge in [0, 0.05) is 23.7 Å². The molecule has 1 unspecified atom stereocenters. The van der Waals surface area contributed by atoms with Gasteiger partial charge in [-0.3, -0.25) is 0 Å². The van der Waals surface area contributed by atoms with Crippen LogP contribution in [0.2, 0.25) is 5.02 Å². The van der Waals surface area contributed by atoms with Crippen molar-refractivity contribution in [1.82, 2.24) is 5.32 Å². The van der Waals surface area contributed by atoms with Gasteiger partial charge in [0.1, 0.15) is 5.82 Å². The van der Waals surface area contributed by atoms with Crippen LogP contribution in [-0.4, -0.2) is 12.1 Å². The average Bonchev–Trinajstić information content (AvgIpc) is 2.29. The minimum atomic E-state index is -0.273. The van der Waals surface area contributed by atoms with Crippen molar-refractivity contribution in [3.8, 4) is 0 Å². The molecule has 0 saturated carbocycles. The SMILES string of the molecule is CC(C)C(C)(CN)NCc1cc(F)ccc1Cl.Cl. The monoisotopic (exact) mass is 294 g/mol. The summed E-state index contributed by atoms with van der Waals surface area (Å²) in [5, 5.41) is 3.92. The third kappa shape index (κ3) is 4.39. The summed E-state index contributed by atoms with van der Waals surface area (Å²) in [6.45, 7) is 7.31. The third-order valence-corrected chi connectivity index (χ3v) is 3.76. The van der Waals surface area contributed by atoms with Crippen molar-refractivity contribution in [2.45, 2.75) is 32.9 Å². The number of nitrogens with one attached hydrogen (secondary N) is 1. The number of hydrogen-bond acceptors (Lipinski definition) is 2. The highest BCUT2D eigenvalue weighted by Crippen LogP contribution is 2.20. The maximum Gasteiger partial charge on any atom is 0.123 e. The van der Waals surface area contributed by atoms with Gasteiger partial charge in [-0.15, -0.1) is 12.4 Å². The quantitative estimate of drug-likeness (QED) is 0.874. The van der Waals surface area contributed by atoms with Crippen LogP contribution in [0.4, 0.5) is 4.39 Å². The zero-order valence-electron chi connectivity index (χ0n) is 11.0. The zero-order chi connectivity index (χ0) is 13.1. The lowest BCUT2D eigenvalue weighted by Crippen LogP contribution is -2.52. The molecule has 0 aliphatic heterocycles. The van der Waals surface area contributed by atoms with Gasteiger partial charge >= 0.3 is 0 Å². The van der Waals surface area contributed by atoms with E-state index in [1.807, 2.05) is 0 Å². The molecule has 2 nitrogen and oxygen atoms in total. The smallest absolute Gasteiger partial charge is 0.123 e. The third-order valence-electron chi connectivity index (χ3n) is 3.39. The molecule has 3 N–H and O–H groups in total. The molecule has 1 rings (SSSR count). The Balaban J connectivity index is 0.00000289. The fourth-order valence-corrected chi connectivity index (χ4v) is 1.67. The van der Waals surface area contributed by atoms with Gasteiger partial charge in [-0.2, -0.15) is 0 Å². The summed E-state index contributed by atoms with van der Waals surface area (Å²) in [7, 11) is 0. The summed E-state index contributed by atoms with van der Waals surface area (Å²) in [4.78, 5) is 0. The van der Waals surface area contributed by atoms with Gasteiger partial charge in [-0.25, -0.2) is 4.39 Å². The summed E-state index contributed by atoms with van der Waals surface area (Å²) in [5.74, 6) is 0.116. The summed E-state index contributed by atoms with van der Waals surface area (Å²) in [6.07, 6.45) is 0. The largest absolute Gasteiger partial charge is 0.329 e. The average molecular weight is 295 g/mol. The molecule has 0 saturated heterocycles. The molecule has 0 bridgehead atoms. The summed E-state index contributed by atoms with van der Waals surface area (Å²) in [5.41, 5.74) is 6.36. The van der Waals surface area contributed by atoms with Crippen LogP contribution in [0.15, 0.2) is 18.2 Å². The second kappa shape index (κ2) is 7.29. The Bertz CT molecular complexity index is 385. The molecule has 1 aromatic rings. The van der Waals surface area contributed by atoms with E-state index in [0.29, 0.717) is 24.0 Å². The topological polar surface area (TPSA) is 38.0 Å². The molecule has 5 heteroatoms. The standard InChI is InChI=1S/C13H20ClFN2.ClH/c1-9(2)13(3,8-16)17-7-10-6-11(15)4-5-12(10)14;/h4-6,9,17H,7-8,16H2,1-3H3;1H. The first-order valence-electron chi connectivity index (χ1n) is 5.78. The van der Waals surface area contributed by atoms with Crippen molar-refractivity contribution in [1.29, 1.82) is 0 Å². The highest BCUT2D eigenvalue weighted by Gasteiger charge is 2.25. The normalized spacial score (nSPS) is 14.2. The van der Waals surface area contributed by atoms with Crippen molar-refractivity contribution in [3.05, 3.63) is 34.6 Å². The van der Waals surface area contributed by atoms with Crippen molar-refractivity contribution in [2.24, 2.45) is 11.7 Å². The molecule has 104 valence electrons. The first-order chi connectivity index (χ1) is 7.89. The van der Waals surface area contributed by atoms with Crippen LogP contribution in [0, 0.1) is 11.7 Å². The summed E-state index contributed by atoms with van der Waals surface area (Å²) >= 11 is 6.01.